The van der Waals surface area contributed by atoms with Crippen LogP contribution < -0.4 is 5.73 Å². The van der Waals surface area contributed by atoms with Crippen molar-refractivity contribution in [1.82, 2.24) is 4.90 Å². The standard InChI is InChI=1S/C12H16N2O2/c1-14-11(16)6-10(15)12(14)9-4-2-3-8(5-9)7-13/h2-5,10,12,15H,6-7,13H2,1H3. The summed E-state index contributed by atoms with van der Waals surface area (Å²) < 4.78 is 0. The van der Waals surface area contributed by atoms with Crippen LogP contribution in [0.1, 0.15) is 23.6 Å². The summed E-state index contributed by atoms with van der Waals surface area (Å²) in [7, 11) is 1.72. The van der Waals surface area contributed by atoms with Gasteiger partial charge in [0.15, 0.2) is 0 Å². The molecular formula is C12H16N2O2. The summed E-state index contributed by atoms with van der Waals surface area (Å²) in [6.07, 6.45) is -0.417. The molecule has 2 unspecified atom stereocenters. The zero-order valence-corrected chi connectivity index (χ0v) is 9.26. The molecule has 16 heavy (non-hydrogen) atoms. The number of amides is 1. The summed E-state index contributed by atoms with van der Waals surface area (Å²) in [4.78, 5) is 13.1. The quantitative estimate of drug-likeness (QED) is 0.758. The van der Waals surface area contributed by atoms with Gasteiger partial charge in [0.1, 0.15) is 0 Å². The van der Waals surface area contributed by atoms with Gasteiger partial charge in [0.2, 0.25) is 5.91 Å². The van der Waals surface area contributed by atoms with Crippen molar-refractivity contribution in [3.8, 4) is 0 Å². The van der Waals surface area contributed by atoms with Crippen LogP contribution in [0.15, 0.2) is 24.3 Å². The fourth-order valence-corrected chi connectivity index (χ4v) is 2.20. The van der Waals surface area contributed by atoms with Gasteiger partial charge in [0, 0.05) is 13.6 Å². The van der Waals surface area contributed by atoms with Crippen molar-refractivity contribution < 1.29 is 9.90 Å². The first-order chi connectivity index (χ1) is 7.63. The summed E-state index contributed by atoms with van der Waals surface area (Å²) >= 11 is 0. The van der Waals surface area contributed by atoms with Gasteiger partial charge in [0.05, 0.1) is 18.6 Å². The first-order valence-corrected chi connectivity index (χ1v) is 5.36. The lowest BCUT2D eigenvalue weighted by Crippen LogP contribution is -2.26. The average molecular weight is 220 g/mol. The summed E-state index contributed by atoms with van der Waals surface area (Å²) in [5, 5.41) is 9.85. The third kappa shape index (κ3) is 1.81. The molecule has 0 bridgehead atoms. The van der Waals surface area contributed by atoms with E-state index in [1.165, 1.54) is 0 Å². The Morgan fingerprint density at radius 2 is 2.31 bits per heavy atom. The van der Waals surface area contributed by atoms with Crippen molar-refractivity contribution in [2.45, 2.75) is 25.1 Å². The molecule has 1 aromatic rings. The topological polar surface area (TPSA) is 66.6 Å². The number of hydrogen-bond acceptors (Lipinski definition) is 3. The number of nitrogens with zero attached hydrogens (tertiary/aromatic N) is 1. The average Bonchev–Trinajstić information content (AvgIpc) is 2.53. The van der Waals surface area contributed by atoms with Crippen molar-refractivity contribution in [2.24, 2.45) is 5.73 Å². The lowest BCUT2D eigenvalue weighted by atomic mass is 10.0. The highest BCUT2D eigenvalue weighted by Crippen LogP contribution is 2.31. The molecule has 2 atom stereocenters. The number of carbonyl (C=O) groups excluding carboxylic acids is 1. The Labute approximate surface area is 94.7 Å². The highest BCUT2D eigenvalue weighted by Gasteiger charge is 2.37. The molecule has 1 aromatic carbocycles. The Hall–Kier alpha value is -1.39. The molecule has 0 radical (unpaired) electrons. The summed E-state index contributed by atoms with van der Waals surface area (Å²) in [6.45, 7) is 0.467. The molecule has 4 nitrogen and oxygen atoms in total. The van der Waals surface area contributed by atoms with Gasteiger partial charge < -0.3 is 15.7 Å². The normalized spacial score (nSPS) is 25.2. The number of likely N-dealkylation sites (N-methyl/N-ethyl adjacent to an activating group) is 1. The van der Waals surface area contributed by atoms with Crippen LogP contribution in [0.5, 0.6) is 0 Å². The van der Waals surface area contributed by atoms with E-state index < -0.39 is 6.10 Å². The van der Waals surface area contributed by atoms with Crippen LogP contribution in [0, 0.1) is 0 Å². The van der Waals surface area contributed by atoms with Crippen LogP contribution in [0.4, 0.5) is 0 Å². The zero-order chi connectivity index (χ0) is 11.7. The van der Waals surface area contributed by atoms with E-state index in [-0.39, 0.29) is 18.4 Å². The first kappa shape index (κ1) is 11.1. The Bertz CT molecular complexity index is 406. The van der Waals surface area contributed by atoms with Crippen molar-refractivity contribution in [3.05, 3.63) is 35.4 Å². The summed E-state index contributed by atoms with van der Waals surface area (Å²) in [6, 6.07) is 7.47. The number of aliphatic hydroxyl groups is 1. The molecule has 1 aliphatic heterocycles. The second-order valence-electron chi connectivity index (χ2n) is 4.17. The molecule has 0 saturated carbocycles. The number of benzene rings is 1. The molecule has 1 heterocycles. The van der Waals surface area contributed by atoms with E-state index in [9.17, 15) is 9.90 Å². The van der Waals surface area contributed by atoms with Gasteiger partial charge in [-0.3, -0.25) is 4.79 Å². The predicted molar refractivity (Wildman–Crippen MR) is 60.5 cm³/mol. The summed E-state index contributed by atoms with van der Waals surface area (Å²) in [5.41, 5.74) is 7.53. The fourth-order valence-electron chi connectivity index (χ4n) is 2.20. The number of rotatable bonds is 2. The Morgan fingerprint density at radius 3 is 2.88 bits per heavy atom. The lowest BCUT2D eigenvalue weighted by molar-refractivity contribution is -0.127. The SMILES string of the molecule is CN1C(=O)CC(O)C1c1cccc(CN)c1. The second kappa shape index (κ2) is 4.23. The van der Waals surface area contributed by atoms with Gasteiger partial charge in [-0.25, -0.2) is 0 Å². The third-order valence-electron chi connectivity index (χ3n) is 3.09. The van der Waals surface area contributed by atoms with E-state index >= 15 is 0 Å². The first-order valence-electron chi connectivity index (χ1n) is 5.36. The molecule has 0 spiro atoms. The van der Waals surface area contributed by atoms with E-state index in [0.717, 1.165) is 11.1 Å². The molecule has 1 fully saturated rings. The highest BCUT2D eigenvalue weighted by molar-refractivity contribution is 5.79. The van der Waals surface area contributed by atoms with Gasteiger partial charge in [-0.2, -0.15) is 0 Å². The van der Waals surface area contributed by atoms with E-state index in [1.807, 2.05) is 24.3 Å². The second-order valence-corrected chi connectivity index (χ2v) is 4.17. The molecule has 0 aromatic heterocycles. The predicted octanol–water partition coefficient (Wildman–Crippen LogP) is 0.409. The van der Waals surface area contributed by atoms with Gasteiger partial charge in [-0.1, -0.05) is 24.3 Å². The van der Waals surface area contributed by atoms with Crippen LogP contribution in [-0.4, -0.2) is 29.1 Å². The van der Waals surface area contributed by atoms with E-state index in [2.05, 4.69) is 0 Å². The van der Waals surface area contributed by atoms with Crippen LogP contribution in [0.25, 0.3) is 0 Å². The Morgan fingerprint density at radius 1 is 1.56 bits per heavy atom. The molecule has 86 valence electrons. The van der Waals surface area contributed by atoms with Crippen LogP contribution in [0.2, 0.25) is 0 Å². The largest absolute Gasteiger partial charge is 0.390 e. The minimum atomic E-state index is -0.620. The highest BCUT2D eigenvalue weighted by atomic mass is 16.3. The minimum absolute atomic E-state index is 0.0179. The molecule has 1 saturated heterocycles. The van der Waals surface area contributed by atoms with Crippen molar-refractivity contribution in [3.63, 3.8) is 0 Å². The van der Waals surface area contributed by atoms with Gasteiger partial charge in [0.25, 0.3) is 0 Å². The molecule has 2 rings (SSSR count). The monoisotopic (exact) mass is 220 g/mol. The van der Waals surface area contributed by atoms with Gasteiger partial charge in [-0.05, 0) is 11.1 Å². The molecule has 3 N–H and O–H groups in total. The van der Waals surface area contributed by atoms with Crippen molar-refractivity contribution in [1.29, 1.82) is 0 Å². The summed E-state index contributed by atoms with van der Waals surface area (Å²) in [5.74, 6) is -0.0179. The molecule has 1 amide bonds. The molecule has 1 aliphatic rings. The maximum atomic E-state index is 11.5. The van der Waals surface area contributed by atoms with Gasteiger partial charge >= 0.3 is 0 Å². The zero-order valence-electron chi connectivity index (χ0n) is 9.26. The molecular weight excluding hydrogens is 204 g/mol. The van der Waals surface area contributed by atoms with E-state index in [0.29, 0.717) is 6.54 Å². The maximum Gasteiger partial charge on any atom is 0.225 e. The van der Waals surface area contributed by atoms with Crippen molar-refractivity contribution >= 4 is 5.91 Å². The fraction of sp³-hybridized carbons (Fsp3) is 0.417. The lowest BCUT2D eigenvalue weighted by Gasteiger charge is -2.23. The van der Waals surface area contributed by atoms with Crippen molar-refractivity contribution in [2.75, 3.05) is 7.05 Å². The Kier molecular flexibility index (Phi) is 2.94. The number of aliphatic hydroxyl groups excluding tert-OH is 1. The number of likely N-dealkylation sites (tertiary alicyclic amines) is 1. The van der Waals surface area contributed by atoms with Crippen LogP contribution in [0.3, 0.4) is 0 Å². The third-order valence-corrected chi connectivity index (χ3v) is 3.09. The Balaban J connectivity index is 2.32. The maximum absolute atomic E-state index is 11.5. The van der Waals surface area contributed by atoms with E-state index in [4.69, 9.17) is 5.73 Å². The number of carbonyl (C=O) groups is 1. The number of hydrogen-bond donors (Lipinski definition) is 2. The molecule has 0 aliphatic carbocycles. The van der Waals surface area contributed by atoms with Gasteiger partial charge in [-0.15, -0.1) is 0 Å². The van der Waals surface area contributed by atoms with Crippen LogP contribution >= 0.6 is 0 Å². The molecule has 4 heteroatoms. The van der Waals surface area contributed by atoms with Crippen LogP contribution in [-0.2, 0) is 11.3 Å². The van der Waals surface area contributed by atoms with E-state index in [1.54, 1.807) is 11.9 Å². The number of nitrogens with two attached hydrogens (primary N) is 1. The minimum Gasteiger partial charge on any atom is -0.390 e. The smallest absolute Gasteiger partial charge is 0.225 e.